The zero-order valence-corrected chi connectivity index (χ0v) is 21.1. The highest BCUT2D eigenvalue weighted by atomic mass is 32.2. The van der Waals surface area contributed by atoms with Gasteiger partial charge in [-0.25, -0.2) is 17.5 Å². The van der Waals surface area contributed by atoms with Crippen molar-refractivity contribution in [3.8, 4) is 5.75 Å². The van der Waals surface area contributed by atoms with E-state index in [0.717, 1.165) is 19.1 Å². The predicted octanol–water partition coefficient (Wildman–Crippen LogP) is 3.03. The maximum Gasteiger partial charge on any atom is 0.422 e. The molecule has 2 amide bonds. The van der Waals surface area contributed by atoms with E-state index in [2.05, 4.69) is 20.5 Å². The molecular formula is C23H22F6N4O5S. The van der Waals surface area contributed by atoms with E-state index in [1.807, 2.05) is 0 Å². The highest BCUT2D eigenvalue weighted by Gasteiger charge is 2.70. The number of anilines is 1. The minimum atomic E-state index is -4.77. The van der Waals surface area contributed by atoms with Crippen molar-refractivity contribution in [2.45, 2.75) is 49.9 Å². The lowest BCUT2D eigenvalue weighted by Gasteiger charge is -2.52. The molecule has 1 aromatic carbocycles. The monoisotopic (exact) mass is 580 g/mol. The maximum absolute atomic E-state index is 15.5. The zero-order valence-electron chi connectivity index (χ0n) is 20.3. The lowest BCUT2D eigenvalue weighted by molar-refractivity contribution is -0.154. The number of fused-ring (bicyclic) bond motifs is 3. The number of hydrogen-bond acceptors (Lipinski definition) is 6. The third kappa shape index (κ3) is 4.94. The molecule has 2 N–H and O–H groups in total. The molecule has 39 heavy (non-hydrogen) atoms. The number of nitrogens with zero attached hydrogens (tertiary/aromatic N) is 2. The van der Waals surface area contributed by atoms with E-state index in [9.17, 15) is 31.2 Å². The summed E-state index contributed by atoms with van der Waals surface area (Å²) < 4.78 is 112. The molecule has 2 aromatic rings. The Kier molecular flexibility index (Phi) is 6.19. The number of aromatic nitrogens is 2. The third-order valence-electron chi connectivity index (χ3n) is 6.88. The first-order valence-corrected chi connectivity index (χ1v) is 13.9. The topological polar surface area (TPSA) is 119 Å². The van der Waals surface area contributed by atoms with Crippen LogP contribution >= 0.6 is 0 Å². The molecule has 212 valence electrons. The van der Waals surface area contributed by atoms with Gasteiger partial charge < -0.3 is 15.4 Å². The van der Waals surface area contributed by atoms with E-state index < -0.39 is 80.8 Å². The fraction of sp³-hybridized carbons (Fsp3) is 0.522. The van der Waals surface area contributed by atoms with Gasteiger partial charge in [0.05, 0.1) is 5.69 Å². The second-order valence-electron chi connectivity index (χ2n) is 10.1. The van der Waals surface area contributed by atoms with Gasteiger partial charge in [-0.1, -0.05) is 12.8 Å². The molecule has 0 saturated heterocycles. The molecule has 2 heterocycles. The molecule has 1 aliphatic heterocycles. The number of benzene rings is 1. The van der Waals surface area contributed by atoms with Gasteiger partial charge in [0.2, 0.25) is 5.91 Å². The number of amides is 2. The standard InChI is InChI=1S/C23H22F6N4O5S/c1-39(36,37)9-16(34)30-19-17-15(32-33(19)5-4-11-2-3-11)8-21(31-20(17)35)18-13(23(21,28)29)6-12(7-14(18)24)38-10-22(25,26)27/h6-7,11H,2-5,8-10H2,1H3,(H,30,34)(H,31,35)/t21-/m0/s1. The molecule has 3 aliphatic rings. The van der Waals surface area contributed by atoms with Crippen LogP contribution in [0.2, 0.25) is 0 Å². The van der Waals surface area contributed by atoms with Crippen LogP contribution in [0, 0.1) is 11.7 Å². The van der Waals surface area contributed by atoms with Crippen molar-refractivity contribution < 1.29 is 49.1 Å². The summed E-state index contributed by atoms with van der Waals surface area (Å²) in [7, 11) is -3.73. The summed E-state index contributed by atoms with van der Waals surface area (Å²) in [5.74, 6) is -8.69. The second kappa shape index (κ2) is 8.86. The number of hydrogen-bond donors (Lipinski definition) is 2. The number of aryl methyl sites for hydroxylation is 1. The Bertz CT molecular complexity index is 1480. The summed E-state index contributed by atoms with van der Waals surface area (Å²) in [6, 6.07) is 1.14. The maximum atomic E-state index is 15.5. The lowest BCUT2D eigenvalue weighted by atomic mass is 9.62. The van der Waals surface area contributed by atoms with Crippen LogP contribution in [0.1, 0.15) is 46.4 Å². The highest BCUT2D eigenvalue weighted by molar-refractivity contribution is 7.91. The van der Waals surface area contributed by atoms with E-state index in [1.54, 1.807) is 0 Å². The first-order valence-electron chi connectivity index (χ1n) is 11.8. The van der Waals surface area contributed by atoms with E-state index in [1.165, 1.54) is 4.68 Å². The van der Waals surface area contributed by atoms with Crippen LogP contribution in [0.5, 0.6) is 5.75 Å². The number of alkyl halides is 5. The van der Waals surface area contributed by atoms with Crippen molar-refractivity contribution in [2.75, 3.05) is 23.9 Å². The molecule has 0 bridgehead atoms. The van der Waals surface area contributed by atoms with E-state index in [0.29, 0.717) is 24.5 Å². The predicted molar refractivity (Wildman–Crippen MR) is 123 cm³/mol. The zero-order chi connectivity index (χ0) is 28.5. The average Bonchev–Trinajstić information content (AvgIpc) is 3.55. The van der Waals surface area contributed by atoms with Crippen LogP contribution in [-0.2, 0) is 39.1 Å². The molecule has 1 saturated carbocycles. The molecule has 1 atom stereocenters. The summed E-state index contributed by atoms with van der Waals surface area (Å²) in [6.07, 6.45) is -2.08. The summed E-state index contributed by atoms with van der Waals surface area (Å²) in [5, 5.41) is 8.73. The van der Waals surface area contributed by atoms with Crippen LogP contribution in [0.4, 0.5) is 32.2 Å². The van der Waals surface area contributed by atoms with E-state index in [4.69, 9.17) is 0 Å². The Morgan fingerprint density at radius 2 is 1.97 bits per heavy atom. The first kappa shape index (κ1) is 27.3. The van der Waals surface area contributed by atoms with Crippen LogP contribution < -0.4 is 15.4 Å². The Balaban J connectivity index is 1.50. The van der Waals surface area contributed by atoms with E-state index in [-0.39, 0.29) is 23.6 Å². The minimum Gasteiger partial charge on any atom is -0.484 e. The number of ether oxygens (including phenoxy) is 1. The van der Waals surface area contributed by atoms with E-state index >= 15 is 13.2 Å². The molecule has 1 aromatic heterocycles. The van der Waals surface area contributed by atoms with Crippen molar-refractivity contribution >= 4 is 27.5 Å². The summed E-state index contributed by atoms with van der Waals surface area (Å²) in [4.78, 5) is 25.6. The van der Waals surface area contributed by atoms with Crippen molar-refractivity contribution in [1.29, 1.82) is 0 Å². The van der Waals surface area contributed by atoms with Gasteiger partial charge in [-0.3, -0.25) is 9.59 Å². The largest absolute Gasteiger partial charge is 0.484 e. The highest BCUT2D eigenvalue weighted by Crippen LogP contribution is 2.61. The quantitative estimate of drug-likeness (QED) is 0.464. The fourth-order valence-corrected chi connectivity index (χ4v) is 5.56. The van der Waals surface area contributed by atoms with Gasteiger partial charge in [0.25, 0.3) is 5.91 Å². The fourth-order valence-electron chi connectivity index (χ4n) is 5.01. The van der Waals surface area contributed by atoms with Gasteiger partial charge in [0.15, 0.2) is 16.4 Å². The molecule has 1 spiro atoms. The van der Waals surface area contributed by atoms with Crippen LogP contribution in [0.3, 0.4) is 0 Å². The number of sulfone groups is 1. The molecule has 2 aliphatic carbocycles. The van der Waals surface area contributed by atoms with Crippen LogP contribution in [0.25, 0.3) is 0 Å². The molecule has 9 nitrogen and oxygen atoms in total. The van der Waals surface area contributed by atoms with Gasteiger partial charge in [-0.05, 0) is 18.4 Å². The summed E-state index contributed by atoms with van der Waals surface area (Å²) in [5.41, 5.74) is -4.55. The Labute approximate surface area is 217 Å². The number of rotatable bonds is 8. The van der Waals surface area contributed by atoms with Gasteiger partial charge >= 0.3 is 12.1 Å². The number of halogens is 6. The van der Waals surface area contributed by atoms with Gasteiger partial charge in [0, 0.05) is 36.4 Å². The molecule has 5 rings (SSSR count). The normalized spacial score (nSPS) is 21.6. The van der Waals surface area contributed by atoms with Gasteiger partial charge in [0.1, 0.15) is 34.2 Å². The Hall–Kier alpha value is -3.30. The lowest BCUT2D eigenvalue weighted by Crippen LogP contribution is -2.67. The molecule has 0 radical (unpaired) electrons. The van der Waals surface area contributed by atoms with Crippen LogP contribution in [0.15, 0.2) is 12.1 Å². The summed E-state index contributed by atoms with van der Waals surface area (Å²) in [6.45, 7) is -1.61. The van der Waals surface area contributed by atoms with Crippen LogP contribution in [-0.4, -0.2) is 54.8 Å². The SMILES string of the molecule is CS(=O)(=O)CC(=O)Nc1c2c(nn1CCC1CC1)C[C@]1(NC2=O)c2c(F)cc(OCC(F)(F)F)cc2C1(F)F. The smallest absolute Gasteiger partial charge is 0.422 e. The molecule has 16 heteroatoms. The van der Waals surface area contributed by atoms with Gasteiger partial charge in [-0.15, -0.1) is 0 Å². The Morgan fingerprint density at radius 3 is 2.59 bits per heavy atom. The second-order valence-corrected chi connectivity index (χ2v) is 12.2. The minimum absolute atomic E-state index is 0.161. The first-order chi connectivity index (χ1) is 18.0. The van der Waals surface area contributed by atoms with Crippen molar-refractivity contribution in [2.24, 2.45) is 5.92 Å². The van der Waals surface area contributed by atoms with Gasteiger partial charge in [-0.2, -0.15) is 27.1 Å². The molecular weight excluding hydrogens is 558 g/mol. The summed E-state index contributed by atoms with van der Waals surface area (Å²) >= 11 is 0. The Morgan fingerprint density at radius 1 is 1.28 bits per heavy atom. The van der Waals surface area contributed by atoms with Crippen molar-refractivity contribution in [3.05, 3.63) is 40.3 Å². The third-order valence-corrected chi connectivity index (χ3v) is 7.66. The van der Waals surface area contributed by atoms with Crippen molar-refractivity contribution in [1.82, 2.24) is 15.1 Å². The number of nitrogens with one attached hydrogen (secondary N) is 2. The average molecular weight is 581 g/mol. The number of carbonyl (C=O) groups excluding carboxylic acids is 2. The molecule has 0 unspecified atom stereocenters. The van der Waals surface area contributed by atoms with Crippen molar-refractivity contribution in [3.63, 3.8) is 0 Å². The number of carbonyl (C=O) groups is 2. The molecule has 1 fully saturated rings.